The van der Waals surface area contributed by atoms with Gasteiger partial charge in [-0.25, -0.2) is 0 Å². The van der Waals surface area contributed by atoms with Crippen LogP contribution >= 0.6 is 0 Å². The lowest BCUT2D eigenvalue weighted by atomic mass is 9.71. The Morgan fingerprint density at radius 3 is 2.37 bits per heavy atom. The van der Waals surface area contributed by atoms with Gasteiger partial charge in [0, 0.05) is 24.2 Å². The fraction of sp³-hybridized carbons (Fsp3) is 0.250. The number of hydrogen-bond acceptors (Lipinski definition) is 2. The Morgan fingerprint density at radius 1 is 1.07 bits per heavy atom. The summed E-state index contributed by atoms with van der Waals surface area (Å²) in [6.45, 7) is 17.4. The van der Waals surface area contributed by atoms with Gasteiger partial charge in [-0.05, 0) is 46.6 Å². The molecule has 0 heterocycles. The predicted molar refractivity (Wildman–Crippen MR) is 132 cm³/mol. The average molecular weight is 400 g/mol. The number of carbonyl (C=O) groups is 1. The Bertz CT molecular complexity index is 937. The SMILES string of the molecule is C=C/C=C(\C=C)CC(C)(CC)C(=C)c1ccccc1-c1ccccc1NCCC=O. The molecule has 0 saturated carbocycles. The van der Waals surface area contributed by atoms with Crippen molar-refractivity contribution >= 4 is 17.5 Å². The van der Waals surface area contributed by atoms with Crippen LogP contribution in [0.2, 0.25) is 0 Å². The summed E-state index contributed by atoms with van der Waals surface area (Å²) in [5, 5.41) is 3.40. The van der Waals surface area contributed by atoms with E-state index in [9.17, 15) is 4.79 Å². The van der Waals surface area contributed by atoms with E-state index < -0.39 is 0 Å². The molecule has 0 bridgehead atoms. The van der Waals surface area contributed by atoms with Gasteiger partial charge < -0.3 is 10.1 Å². The first-order valence-corrected chi connectivity index (χ1v) is 10.5. The summed E-state index contributed by atoms with van der Waals surface area (Å²) in [4.78, 5) is 10.7. The summed E-state index contributed by atoms with van der Waals surface area (Å²) >= 11 is 0. The summed E-state index contributed by atoms with van der Waals surface area (Å²) in [5.74, 6) is 0. The molecule has 0 fully saturated rings. The van der Waals surface area contributed by atoms with Crippen LogP contribution in [0, 0.1) is 5.41 Å². The van der Waals surface area contributed by atoms with Gasteiger partial charge in [0.15, 0.2) is 0 Å². The second-order valence-electron chi connectivity index (χ2n) is 7.72. The zero-order valence-electron chi connectivity index (χ0n) is 18.3. The third kappa shape index (κ3) is 5.48. The molecule has 2 heteroatoms. The maximum absolute atomic E-state index is 10.7. The zero-order chi connectivity index (χ0) is 22.0. The Labute approximate surface area is 181 Å². The number of rotatable bonds is 12. The van der Waals surface area contributed by atoms with E-state index in [1.165, 1.54) is 0 Å². The normalized spacial score (nSPS) is 13.2. The van der Waals surface area contributed by atoms with Gasteiger partial charge in [-0.1, -0.05) is 94.3 Å². The number of nitrogens with one attached hydrogen (secondary N) is 1. The Hall–Kier alpha value is -3.13. The lowest BCUT2D eigenvalue weighted by Crippen LogP contribution is -2.18. The molecule has 2 aromatic carbocycles. The number of para-hydroxylation sites is 1. The minimum Gasteiger partial charge on any atom is -0.384 e. The number of hydrogen-bond donors (Lipinski definition) is 1. The van der Waals surface area contributed by atoms with Gasteiger partial charge in [-0.2, -0.15) is 0 Å². The fourth-order valence-electron chi connectivity index (χ4n) is 3.69. The highest BCUT2D eigenvalue weighted by Crippen LogP contribution is 2.45. The lowest BCUT2D eigenvalue weighted by Gasteiger charge is -2.33. The van der Waals surface area contributed by atoms with E-state index >= 15 is 0 Å². The standard InChI is InChI=1S/C28H33NO/c1-6-14-23(7-2)21-28(5,8-3)22(4)24-15-9-10-16-25(24)26-17-11-12-18-27(26)29-19-13-20-30/h6-7,9-12,14-18,20,29H,1-2,4,8,13,19,21H2,3,5H3/b23-14+. The van der Waals surface area contributed by atoms with Crippen molar-refractivity contribution in [3.8, 4) is 11.1 Å². The van der Waals surface area contributed by atoms with Gasteiger partial charge >= 0.3 is 0 Å². The van der Waals surface area contributed by atoms with Crippen LogP contribution in [0.4, 0.5) is 5.69 Å². The zero-order valence-corrected chi connectivity index (χ0v) is 18.3. The Morgan fingerprint density at radius 2 is 1.73 bits per heavy atom. The van der Waals surface area contributed by atoms with Crippen LogP contribution in [0.15, 0.2) is 92.1 Å². The van der Waals surface area contributed by atoms with Gasteiger partial charge in [-0.15, -0.1) is 0 Å². The summed E-state index contributed by atoms with van der Waals surface area (Å²) in [6, 6.07) is 16.6. The smallest absolute Gasteiger partial charge is 0.121 e. The lowest BCUT2D eigenvalue weighted by molar-refractivity contribution is -0.107. The predicted octanol–water partition coefficient (Wildman–Crippen LogP) is 7.47. The van der Waals surface area contributed by atoms with E-state index in [2.05, 4.69) is 75.3 Å². The highest BCUT2D eigenvalue weighted by molar-refractivity contribution is 5.88. The number of anilines is 1. The molecular weight excluding hydrogens is 366 g/mol. The molecule has 0 spiro atoms. The summed E-state index contributed by atoms with van der Waals surface area (Å²) in [5.41, 5.74) is 6.58. The molecule has 30 heavy (non-hydrogen) atoms. The van der Waals surface area contributed by atoms with Gasteiger partial charge in [-0.3, -0.25) is 0 Å². The van der Waals surface area contributed by atoms with E-state index in [0.717, 1.165) is 52.7 Å². The molecular formula is C28H33NO. The van der Waals surface area contributed by atoms with Crippen LogP contribution in [0.25, 0.3) is 16.7 Å². The van der Waals surface area contributed by atoms with Crippen LogP contribution < -0.4 is 5.32 Å². The van der Waals surface area contributed by atoms with Crippen molar-refractivity contribution in [2.45, 2.75) is 33.1 Å². The van der Waals surface area contributed by atoms with Gasteiger partial charge in [0.05, 0.1) is 0 Å². The summed E-state index contributed by atoms with van der Waals surface area (Å²) in [6.07, 6.45) is 8.97. The number of benzene rings is 2. The molecule has 1 atom stereocenters. The third-order valence-corrected chi connectivity index (χ3v) is 5.74. The fourth-order valence-corrected chi connectivity index (χ4v) is 3.69. The third-order valence-electron chi connectivity index (χ3n) is 5.74. The quantitative estimate of drug-likeness (QED) is 0.228. The van der Waals surface area contributed by atoms with Crippen molar-refractivity contribution < 1.29 is 4.79 Å². The number of allylic oxidation sites excluding steroid dienone is 5. The molecule has 0 amide bonds. The highest BCUT2D eigenvalue weighted by atomic mass is 16.1. The molecule has 2 rings (SSSR count). The molecule has 0 aliphatic heterocycles. The largest absolute Gasteiger partial charge is 0.384 e. The molecule has 0 aromatic heterocycles. The van der Waals surface area contributed by atoms with Crippen molar-refractivity contribution in [2.75, 3.05) is 11.9 Å². The van der Waals surface area contributed by atoms with E-state index in [0.29, 0.717) is 13.0 Å². The topological polar surface area (TPSA) is 29.1 Å². The molecule has 2 aromatic rings. The number of carbonyl (C=O) groups excluding carboxylic acids is 1. The first-order chi connectivity index (χ1) is 14.5. The van der Waals surface area contributed by atoms with E-state index in [1.807, 2.05) is 30.4 Å². The minimum atomic E-state index is -0.112. The van der Waals surface area contributed by atoms with Crippen LogP contribution in [-0.4, -0.2) is 12.8 Å². The molecule has 0 saturated heterocycles. The molecule has 1 N–H and O–H groups in total. The summed E-state index contributed by atoms with van der Waals surface area (Å²) < 4.78 is 0. The Balaban J connectivity index is 2.49. The first-order valence-electron chi connectivity index (χ1n) is 10.5. The van der Waals surface area contributed by atoms with Gasteiger partial charge in [0.2, 0.25) is 0 Å². The van der Waals surface area contributed by atoms with E-state index in [4.69, 9.17) is 0 Å². The van der Waals surface area contributed by atoms with Crippen LogP contribution in [-0.2, 0) is 4.79 Å². The van der Waals surface area contributed by atoms with Gasteiger partial charge in [0.1, 0.15) is 6.29 Å². The van der Waals surface area contributed by atoms with Crippen LogP contribution in [0.1, 0.15) is 38.7 Å². The molecule has 156 valence electrons. The van der Waals surface area contributed by atoms with E-state index in [-0.39, 0.29) is 5.41 Å². The molecule has 0 aliphatic rings. The monoisotopic (exact) mass is 399 g/mol. The molecule has 0 aliphatic carbocycles. The van der Waals surface area contributed by atoms with Crippen molar-refractivity contribution in [1.29, 1.82) is 0 Å². The van der Waals surface area contributed by atoms with Crippen molar-refractivity contribution in [3.63, 3.8) is 0 Å². The second-order valence-corrected chi connectivity index (χ2v) is 7.72. The summed E-state index contributed by atoms with van der Waals surface area (Å²) in [7, 11) is 0. The number of aldehydes is 1. The molecule has 2 nitrogen and oxygen atoms in total. The highest BCUT2D eigenvalue weighted by Gasteiger charge is 2.29. The average Bonchev–Trinajstić information content (AvgIpc) is 2.78. The van der Waals surface area contributed by atoms with Crippen molar-refractivity contribution in [2.24, 2.45) is 5.41 Å². The van der Waals surface area contributed by atoms with Crippen molar-refractivity contribution in [3.05, 3.63) is 97.6 Å². The second kappa shape index (κ2) is 11.2. The van der Waals surface area contributed by atoms with Crippen LogP contribution in [0.3, 0.4) is 0 Å². The first kappa shape index (κ1) is 23.2. The molecule has 1 unspecified atom stereocenters. The maximum Gasteiger partial charge on any atom is 0.121 e. The molecule has 0 radical (unpaired) electrons. The van der Waals surface area contributed by atoms with Crippen molar-refractivity contribution in [1.82, 2.24) is 0 Å². The van der Waals surface area contributed by atoms with Gasteiger partial charge in [0.25, 0.3) is 0 Å². The maximum atomic E-state index is 10.7. The minimum absolute atomic E-state index is 0.112. The van der Waals surface area contributed by atoms with E-state index in [1.54, 1.807) is 0 Å². The Kier molecular flexibility index (Phi) is 8.61. The van der Waals surface area contributed by atoms with Crippen LogP contribution in [0.5, 0.6) is 0 Å².